The summed E-state index contributed by atoms with van der Waals surface area (Å²) in [5.74, 6) is -0.758. The van der Waals surface area contributed by atoms with Crippen molar-refractivity contribution in [2.75, 3.05) is 5.32 Å². The van der Waals surface area contributed by atoms with E-state index in [1.54, 1.807) is 12.1 Å². The van der Waals surface area contributed by atoms with Gasteiger partial charge in [0.05, 0.1) is 11.6 Å². The number of esters is 1. The second-order valence-corrected chi connectivity index (χ2v) is 4.90. The van der Waals surface area contributed by atoms with Gasteiger partial charge in [0.1, 0.15) is 0 Å². The highest BCUT2D eigenvalue weighted by atomic mass is 35.5. The molecule has 0 radical (unpaired) electrons. The molecule has 5 nitrogen and oxygen atoms in total. The third kappa shape index (κ3) is 3.44. The SMILES string of the molecule is C[C@H](OC(=O)C1CCC1)C(=O)Nc1cccnc1Cl. The van der Waals surface area contributed by atoms with Crippen LogP contribution in [0.1, 0.15) is 26.2 Å². The molecule has 2 rings (SSSR count). The topological polar surface area (TPSA) is 68.3 Å². The Bertz CT molecular complexity index is 489. The van der Waals surface area contributed by atoms with E-state index in [0.29, 0.717) is 5.69 Å². The molecule has 19 heavy (non-hydrogen) atoms. The summed E-state index contributed by atoms with van der Waals surface area (Å²) >= 11 is 5.83. The molecule has 0 bridgehead atoms. The minimum atomic E-state index is -0.843. The molecule has 0 aromatic carbocycles. The molecule has 0 spiro atoms. The number of pyridine rings is 1. The Morgan fingerprint density at radius 1 is 1.53 bits per heavy atom. The van der Waals surface area contributed by atoms with E-state index in [9.17, 15) is 9.59 Å². The molecule has 1 N–H and O–H groups in total. The van der Waals surface area contributed by atoms with E-state index in [1.165, 1.54) is 13.1 Å². The van der Waals surface area contributed by atoms with Crippen LogP contribution < -0.4 is 5.32 Å². The summed E-state index contributed by atoms with van der Waals surface area (Å²) in [6, 6.07) is 3.29. The summed E-state index contributed by atoms with van der Waals surface area (Å²) in [5.41, 5.74) is 0.403. The van der Waals surface area contributed by atoms with E-state index in [-0.39, 0.29) is 17.0 Å². The van der Waals surface area contributed by atoms with Crippen LogP contribution in [0.4, 0.5) is 5.69 Å². The van der Waals surface area contributed by atoms with Crippen LogP contribution in [0, 0.1) is 5.92 Å². The zero-order chi connectivity index (χ0) is 13.8. The van der Waals surface area contributed by atoms with Crippen molar-refractivity contribution >= 4 is 29.2 Å². The van der Waals surface area contributed by atoms with Gasteiger partial charge in [-0.05, 0) is 31.9 Å². The first-order chi connectivity index (χ1) is 9.08. The molecule has 1 amide bonds. The molecule has 1 atom stereocenters. The van der Waals surface area contributed by atoms with Crippen molar-refractivity contribution in [3.8, 4) is 0 Å². The van der Waals surface area contributed by atoms with E-state index in [4.69, 9.17) is 16.3 Å². The van der Waals surface area contributed by atoms with Gasteiger partial charge in [-0.15, -0.1) is 0 Å². The Morgan fingerprint density at radius 2 is 2.26 bits per heavy atom. The molecule has 0 saturated heterocycles. The zero-order valence-corrected chi connectivity index (χ0v) is 11.3. The molecule has 1 aliphatic rings. The first-order valence-electron chi connectivity index (χ1n) is 6.20. The minimum absolute atomic E-state index is 0.0442. The first-order valence-corrected chi connectivity index (χ1v) is 6.57. The maximum atomic E-state index is 11.9. The first kappa shape index (κ1) is 13.8. The lowest BCUT2D eigenvalue weighted by atomic mass is 9.86. The summed E-state index contributed by atoms with van der Waals surface area (Å²) in [4.78, 5) is 27.3. The third-order valence-corrected chi connectivity index (χ3v) is 3.42. The number of rotatable bonds is 4. The Kier molecular flexibility index (Phi) is 4.37. The summed E-state index contributed by atoms with van der Waals surface area (Å²) in [7, 11) is 0. The fourth-order valence-electron chi connectivity index (χ4n) is 1.68. The highest BCUT2D eigenvalue weighted by Crippen LogP contribution is 2.28. The molecule has 102 valence electrons. The van der Waals surface area contributed by atoms with Gasteiger partial charge >= 0.3 is 5.97 Å². The Balaban J connectivity index is 1.88. The molecule has 1 saturated carbocycles. The van der Waals surface area contributed by atoms with Crippen molar-refractivity contribution in [2.24, 2.45) is 5.92 Å². The van der Waals surface area contributed by atoms with E-state index >= 15 is 0 Å². The van der Waals surface area contributed by atoms with Crippen LogP contribution in [-0.4, -0.2) is 23.0 Å². The summed E-state index contributed by atoms with van der Waals surface area (Å²) in [6.45, 7) is 1.54. The van der Waals surface area contributed by atoms with Crippen molar-refractivity contribution in [1.82, 2.24) is 4.98 Å². The van der Waals surface area contributed by atoms with Gasteiger partial charge in [0.25, 0.3) is 5.91 Å². The average Bonchev–Trinajstić information content (AvgIpc) is 2.29. The largest absolute Gasteiger partial charge is 0.452 e. The lowest BCUT2D eigenvalue weighted by Gasteiger charge is -2.24. The second kappa shape index (κ2) is 6.02. The molecule has 1 aliphatic carbocycles. The zero-order valence-electron chi connectivity index (χ0n) is 10.6. The lowest BCUT2D eigenvalue weighted by Crippen LogP contribution is -2.34. The van der Waals surface area contributed by atoms with Gasteiger partial charge in [0, 0.05) is 6.20 Å². The summed E-state index contributed by atoms with van der Waals surface area (Å²) < 4.78 is 5.11. The van der Waals surface area contributed by atoms with Crippen LogP contribution in [-0.2, 0) is 14.3 Å². The number of aromatic nitrogens is 1. The van der Waals surface area contributed by atoms with E-state index < -0.39 is 12.0 Å². The number of amides is 1. The van der Waals surface area contributed by atoms with Gasteiger partial charge in [0.2, 0.25) is 0 Å². The number of hydrogen-bond donors (Lipinski definition) is 1. The predicted octanol–water partition coefficient (Wildman–Crippen LogP) is 2.41. The van der Waals surface area contributed by atoms with E-state index in [0.717, 1.165) is 19.3 Å². The van der Waals surface area contributed by atoms with Gasteiger partial charge in [-0.2, -0.15) is 0 Å². The molecular weight excluding hydrogens is 268 g/mol. The Morgan fingerprint density at radius 3 is 2.84 bits per heavy atom. The molecule has 1 aromatic rings. The second-order valence-electron chi connectivity index (χ2n) is 4.54. The summed E-state index contributed by atoms with van der Waals surface area (Å²) in [6.07, 6.45) is 3.43. The number of nitrogens with zero attached hydrogens (tertiary/aromatic N) is 1. The van der Waals surface area contributed by atoms with Crippen LogP contribution in [0.15, 0.2) is 18.3 Å². The van der Waals surface area contributed by atoms with Gasteiger partial charge in [-0.25, -0.2) is 4.98 Å². The average molecular weight is 283 g/mol. The number of halogens is 1. The van der Waals surface area contributed by atoms with Gasteiger partial charge in [-0.1, -0.05) is 18.0 Å². The molecule has 6 heteroatoms. The van der Waals surface area contributed by atoms with Crippen LogP contribution in [0.2, 0.25) is 5.15 Å². The van der Waals surface area contributed by atoms with Gasteiger partial charge in [-0.3, -0.25) is 9.59 Å². The Labute approximate surface area is 116 Å². The van der Waals surface area contributed by atoms with Gasteiger partial charge < -0.3 is 10.1 Å². The maximum Gasteiger partial charge on any atom is 0.309 e. The lowest BCUT2D eigenvalue weighted by molar-refractivity contribution is -0.159. The molecular formula is C13H15ClN2O3. The fraction of sp³-hybridized carbons (Fsp3) is 0.462. The quantitative estimate of drug-likeness (QED) is 0.680. The van der Waals surface area contributed by atoms with Crippen molar-refractivity contribution in [2.45, 2.75) is 32.3 Å². The van der Waals surface area contributed by atoms with Crippen molar-refractivity contribution < 1.29 is 14.3 Å². The highest BCUT2D eigenvalue weighted by molar-refractivity contribution is 6.32. The van der Waals surface area contributed by atoms with Gasteiger partial charge in [0.15, 0.2) is 11.3 Å². The number of ether oxygens (including phenoxy) is 1. The Hall–Kier alpha value is -1.62. The third-order valence-electron chi connectivity index (χ3n) is 3.12. The van der Waals surface area contributed by atoms with Crippen LogP contribution >= 0.6 is 11.6 Å². The molecule has 0 unspecified atom stereocenters. The maximum absolute atomic E-state index is 11.9. The number of nitrogens with one attached hydrogen (secondary N) is 1. The summed E-state index contributed by atoms with van der Waals surface area (Å²) in [5, 5.41) is 2.78. The minimum Gasteiger partial charge on any atom is -0.452 e. The highest BCUT2D eigenvalue weighted by Gasteiger charge is 2.29. The van der Waals surface area contributed by atoms with Crippen molar-refractivity contribution in [3.63, 3.8) is 0 Å². The smallest absolute Gasteiger partial charge is 0.309 e. The van der Waals surface area contributed by atoms with Crippen molar-refractivity contribution in [1.29, 1.82) is 0 Å². The number of carbonyl (C=O) groups is 2. The monoisotopic (exact) mass is 282 g/mol. The normalized spacial score (nSPS) is 16.3. The number of hydrogen-bond acceptors (Lipinski definition) is 4. The molecule has 1 heterocycles. The van der Waals surface area contributed by atoms with Crippen LogP contribution in [0.5, 0.6) is 0 Å². The molecule has 1 aromatic heterocycles. The number of anilines is 1. The predicted molar refractivity (Wildman–Crippen MR) is 70.8 cm³/mol. The van der Waals surface area contributed by atoms with Crippen LogP contribution in [0.25, 0.3) is 0 Å². The van der Waals surface area contributed by atoms with Crippen molar-refractivity contribution in [3.05, 3.63) is 23.5 Å². The number of carbonyl (C=O) groups excluding carboxylic acids is 2. The van der Waals surface area contributed by atoms with E-state index in [1.807, 2.05) is 0 Å². The molecule has 1 fully saturated rings. The standard InChI is InChI=1S/C13H15ClN2O3/c1-8(19-13(18)9-4-2-5-9)12(17)16-10-6-3-7-15-11(10)14/h3,6-9H,2,4-5H2,1H3,(H,16,17)/t8-/m0/s1. The fourth-order valence-corrected chi connectivity index (χ4v) is 1.85. The van der Waals surface area contributed by atoms with Crippen LogP contribution in [0.3, 0.4) is 0 Å². The van der Waals surface area contributed by atoms with E-state index in [2.05, 4.69) is 10.3 Å². The molecule has 0 aliphatic heterocycles.